The molecule has 1 atom stereocenters. The highest BCUT2D eigenvalue weighted by atomic mass is 19.1. The molecule has 2 aromatic heterocycles. The van der Waals surface area contributed by atoms with Crippen LogP contribution in [0.15, 0.2) is 53.5 Å². The van der Waals surface area contributed by atoms with Crippen LogP contribution in [0.2, 0.25) is 0 Å². The van der Waals surface area contributed by atoms with E-state index in [0.717, 1.165) is 4.68 Å². The molecule has 3 heterocycles. The number of aromatic amines is 1. The van der Waals surface area contributed by atoms with E-state index in [-0.39, 0.29) is 28.7 Å². The molecule has 0 saturated carbocycles. The number of nitrogens with zero attached hydrogens (tertiary/aromatic N) is 3. The maximum absolute atomic E-state index is 15.8. The van der Waals surface area contributed by atoms with E-state index in [1.165, 1.54) is 19.4 Å². The minimum absolute atomic E-state index is 0.0801. The van der Waals surface area contributed by atoms with Gasteiger partial charge in [-0.3, -0.25) is 10.4 Å². The molecule has 184 valence electrons. The average Bonchev–Trinajstić information content (AvgIpc) is 3.51. The number of H-pyrrole nitrogens is 1. The standard InChI is InChI=1S/C24H23FN8O3/c1-35-17-11-15(18(25)14-8-10-36-20(14)17)19(30-13-6-4-12(5-7-13)21(27)28)22-31-24(34)33(32-22)23-16(26)3-2-9-29-23/h2-7,9,11,19,30H,8,10,26H2,1H3,(H3,27,28)(H,31,32,34)/t19-/m0/s1. The smallest absolute Gasteiger partial charge is 0.349 e. The molecule has 0 saturated heterocycles. The van der Waals surface area contributed by atoms with E-state index in [1.54, 1.807) is 36.4 Å². The van der Waals surface area contributed by atoms with Crippen molar-refractivity contribution in [2.24, 2.45) is 5.73 Å². The summed E-state index contributed by atoms with van der Waals surface area (Å²) in [7, 11) is 1.47. The van der Waals surface area contributed by atoms with Gasteiger partial charge in [-0.05, 0) is 42.5 Å². The van der Waals surface area contributed by atoms with Crippen LogP contribution in [0, 0.1) is 11.2 Å². The van der Waals surface area contributed by atoms with Gasteiger partial charge in [-0.2, -0.15) is 4.68 Å². The molecular formula is C24H23FN8O3. The molecule has 0 bridgehead atoms. The SMILES string of the molecule is COc1cc([C@H](Nc2ccc(C(=N)N)cc2)c2nn(-c3ncccc3N)c(=O)[nH]2)c(F)c2c1OCC2. The highest BCUT2D eigenvalue weighted by Gasteiger charge is 2.31. The van der Waals surface area contributed by atoms with Crippen LogP contribution in [0.3, 0.4) is 0 Å². The third kappa shape index (κ3) is 3.98. The van der Waals surface area contributed by atoms with Gasteiger partial charge < -0.3 is 26.3 Å². The Balaban J connectivity index is 1.65. The summed E-state index contributed by atoms with van der Waals surface area (Å²) < 4.78 is 27.9. The van der Waals surface area contributed by atoms with Crippen LogP contribution in [0.1, 0.15) is 28.6 Å². The zero-order valence-electron chi connectivity index (χ0n) is 19.2. The third-order valence-corrected chi connectivity index (χ3v) is 5.87. The van der Waals surface area contributed by atoms with Crippen molar-refractivity contribution >= 4 is 17.2 Å². The number of hydrogen-bond donors (Lipinski definition) is 5. The summed E-state index contributed by atoms with van der Waals surface area (Å²) in [6.07, 6.45) is 1.87. The van der Waals surface area contributed by atoms with Crippen molar-refractivity contribution in [1.29, 1.82) is 5.41 Å². The fraction of sp³-hybridized carbons (Fsp3) is 0.167. The first-order valence-electron chi connectivity index (χ1n) is 11.0. The van der Waals surface area contributed by atoms with E-state index in [2.05, 4.69) is 20.4 Å². The molecule has 12 heteroatoms. The van der Waals surface area contributed by atoms with Crippen molar-refractivity contribution in [2.45, 2.75) is 12.5 Å². The molecule has 0 spiro atoms. The van der Waals surface area contributed by atoms with Crippen LogP contribution < -0.4 is 31.9 Å². The van der Waals surface area contributed by atoms with Gasteiger partial charge in [0.25, 0.3) is 0 Å². The first-order chi connectivity index (χ1) is 17.4. The number of hydrogen-bond acceptors (Lipinski definition) is 8. The number of nitrogen functional groups attached to an aromatic ring is 2. The summed E-state index contributed by atoms with van der Waals surface area (Å²) in [6, 6.07) is 10.5. The topological polar surface area (TPSA) is 170 Å². The zero-order valence-corrected chi connectivity index (χ0v) is 19.2. The second-order valence-electron chi connectivity index (χ2n) is 8.10. The molecule has 0 fully saturated rings. The Morgan fingerprint density at radius 1 is 1.33 bits per heavy atom. The van der Waals surface area contributed by atoms with Gasteiger partial charge in [0, 0.05) is 35.0 Å². The highest BCUT2D eigenvalue weighted by molar-refractivity contribution is 5.95. The Bertz CT molecular complexity index is 1510. The molecule has 36 heavy (non-hydrogen) atoms. The van der Waals surface area contributed by atoms with Gasteiger partial charge in [0.15, 0.2) is 23.1 Å². The Labute approximate surface area is 204 Å². The Kier molecular flexibility index (Phi) is 5.76. The van der Waals surface area contributed by atoms with E-state index in [1.807, 2.05) is 0 Å². The molecule has 0 amide bonds. The molecule has 0 aliphatic carbocycles. The van der Waals surface area contributed by atoms with Crippen LogP contribution in [0.4, 0.5) is 15.8 Å². The quantitative estimate of drug-likeness (QED) is 0.194. The van der Waals surface area contributed by atoms with Crippen molar-refractivity contribution < 1.29 is 13.9 Å². The van der Waals surface area contributed by atoms with Crippen LogP contribution in [-0.2, 0) is 6.42 Å². The van der Waals surface area contributed by atoms with E-state index >= 15 is 4.39 Å². The largest absolute Gasteiger partial charge is 0.493 e. The molecule has 11 nitrogen and oxygen atoms in total. The van der Waals surface area contributed by atoms with Crippen molar-refractivity contribution in [3.63, 3.8) is 0 Å². The lowest BCUT2D eigenvalue weighted by atomic mass is 9.99. The predicted molar refractivity (Wildman–Crippen MR) is 131 cm³/mol. The maximum Gasteiger partial charge on any atom is 0.349 e. The minimum atomic E-state index is -0.938. The van der Waals surface area contributed by atoms with Crippen molar-refractivity contribution in [3.05, 3.63) is 87.5 Å². The van der Waals surface area contributed by atoms with Crippen molar-refractivity contribution in [2.75, 3.05) is 24.8 Å². The van der Waals surface area contributed by atoms with Gasteiger partial charge in [-0.15, -0.1) is 5.10 Å². The molecular weight excluding hydrogens is 467 g/mol. The van der Waals surface area contributed by atoms with E-state index < -0.39 is 17.5 Å². The number of halogens is 1. The molecule has 1 aliphatic heterocycles. The number of pyridine rings is 1. The number of nitrogens with one attached hydrogen (secondary N) is 3. The second kappa shape index (κ2) is 9.06. The summed E-state index contributed by atoms with van der Waals surface area (Å²) in [5.74, 6) is 0.435. The van der Waals surface area contributed by atoms with Crippen LogP contribution in [0.25, 0.3) is 5.82 Å². The first kappa shape index (κ1) is 22.9. The summed E-state index contributed by atoms with van der Waals surface area (Å²) in [6.45, 7) is 0.334. The minimum Gasteiger partial charge on any atom is -0.493 e. The molecule has 1 aliphatic rings. The Morgan fingerprint density at radius 2 is 2.11 bits per heavy atom. The fourth-order valence-corrected chi connectivity index (χ4v) is 4.10. The lowest BCUT2D eigenvalue weighted by Crippen LogP contribution is -2.18. The Hall–Kier alpha value is -4.87. The summed E-state index contributed by atoms with van der Waals surface area (Å²) in [4.78, 5) is 19.7. The zero-order chi connectivity index (χ0) is 25.4. The number of methoxy groups -OCH3 is 1. The number of amidine groups is 1. The molecule has 7 N–H and O–H groups in total. The highest BCUT2D eigenvalue weighted by Crippen LogP contribution is 2.42. The second-order valence-corrected chi connectivity index (χ2v) is 8.10. The third-order valence-electron chi connectivity index (χ3n) is 5.87. The average molecular weight is 490 g/mol. The first-order valence-corrected chi connectivity index (χ1v) is 11.0. The van der Waals surface area contributed by atoms with Gasteiger partial charge in [-0.1, -0.05) is 0 Å². The maximum atomic E-state index is 15.8. The molecule has 0 unspecified atom stereocenters. The number of anilines is 2. The number of ether oxygens (including phenoxy) is 2. The van der Waals surface area contributed by atoms with E-state index in [9.17, 15) is 4.79 Å². The molecule has 2 aromatic carbocycles. The normalized spacial score (nSPS) is 13.1. The van der Waals surface area contributed by atoms with Gasteiger partial charge >= 0.3 is 5.69 Å². The lowest BCUT2D eigenvalue weighted by Gasteiger charge is -2.21. The van der Waals surface area contributed by atoms with Gasteiger partial charge in [0.2, 0.25) is 0 Å². The number of nitrogens with two attached hydrogens (primary N) is 2. The van der Waals surface area contributed by atoms with E-state index in [0.29, 0.717) is 41.3 Å². The predicted octanol–water partition coefficient (Wildman–Crippen LogP) is 2.11. The van der Waals surface area contributed by atoms with Crippen molar-refractivity contribution in [3.8, 4) is 17.3 Å². The monoisotopic (exact) mass is 490 g/mol. The number of aromatic nitrogens is 4. The van der Waals surface area contributed by atoms with Gasteiger partial charge in [-0.25, -0.2) is 14.2 Å². The molecule has 4 aromatic rings. The Morgan fingerprint density at radius 3 is 2.81 bits per heavy atom. The van der Waals surface area contributed by atoms with Crippen molar-refractivity contribution in [1.82, 2.24) is 19.7 Å². The lowest BCUT2D eigenvalue weighted by molar-refractivity contribution is 0.325. The summed E-state index contributed by atoms with van der Waals surface area (Å²) >= 11 is 0. The van der Waals surface area contributed by atoms with E-state index in [4.69, 9.17) is 26.4 Å². The fourth-order valence-electron chi connectivity index (χ4n) is 4.10. The van der Waals surface area contributed by atoms with Gasteiger partial charge in [0.1, 0.15) is 17.7 Å². The van der Waals surface area contributed by atoms with Gasteiger partial charge in [0.05, 0.1) is 19.4 Å². The number of rotatable bonds is 7. The molecule has 0 radical (unpaired) electrons. The van der Waals surface area contributed by atoms with Crippen LogP contribution in [0.5, 0.6) is 11.5 Å². The number of fused-ring (bicyclic) bond motifs is 1. The van der Waals surface area contributed by atoms with Crippen LogP contribution in [-0.4, -0.2) is 39.3 Å². The summed E-state index contributed by atoms with van der Waals surface area (Å²) in [5, 5.41) is 15.2. The number of benzene rings is 2. The van der Waals surface area contributed by atoms with Crippen LogP contribution >= 0.6 is 0 Å². The summed E-state index contributed by atoms with van der Waals surface area (Å²) in [5.41, 5.74) is 12.9. The molecule has 5 rings (SSSR count).